The Bertz CT molecular complexity index is 692. The van der Waals surface area contributed by atoms with Crippen LogP contribution >= 0.6 is 0 Å². The van der Waals surface area contributed by atoms with E-state index in [1.54, 1.807) is 14.2 Å². The summed E-state index contributed by atoms with van der Waals surface area (Å²) < 4.78 is 10.9. The van der Waals surface area contributed by atoms with Crippen molar-refractivity contribution < 1.29 is 9.47 Å². The van der Waals surface area contributed by atoms with E-state index in [0.717, 1.165) is 11.1 Å². The van der Waals surface area contributed by atoms with Crippen LogP contribution in [0.5, 0.6) is 11.8 Å². The molecule has 1 heterocycles. The molecule has 0 radical (unpaired) electrons. The number of nitrogens with zero attached hydrogens (tertiary/aromatic N) is 2. The van der Waals surface area contributed by atoms with Gasteiger partial charge in [-0.15, -0.1) is 0 Å². The maximum Gasteiger partial charge on any atom is 0.241 e. The molecule has 0 fully saturated rings. The topological polar surface area (TPSA) is 44.2 Å². The van der Waals surface area contributed by atoms with E-state index in [0.29, 0.717) is 23.1 Å². The van der Waals surface area contributed by atoms with Crippen molar-refractivity contribution in [3.63, 3.8) is 0 Å². The molecule has 22 heavy (non-hydrogen) atoms. The van der Waals surface area contributed by atoms with Crippen LogP contribution in [0.1, 0.15) is 0 Å². The average molecular weight is 292 g/mol. The molecule has 0 spiro atoms. The van der Waals surface area contributed by atoms with Crippen LogP contribution < -0.4 is 9.47 Å². The maximum atomic E-state index is 5.43. The minimum Gasteiger partial charge on any atom is -0.479 e. The first-order valence-corrected chi connectivity index (χ1v) is 6.94. The van der Waals surface area contributed by atoms with Gasteiger partial charge in [-0.25, -0.2) is 9.97 Å². The first-order valence-electron chi connectivity index (χ1n) is 6.94. The molecular weight excluding hydrogens is 276 g/mol. The first-order chi connectivity index (χ1) is 10.8. The Hall–Kier alpha value is -2.88. The highest BCUT2D eigenvalue weighted by molar-refractivity contribution is 5.71. The van der Waals surface area contributed by atoms with Crippen LogP contribution in [0.15, 0.2) is 60.7 Å². The summed E-state index contributed by atoms with van der Waals surface area (Å²) in [7, 11) is 3.19. The molecular formula is C18H16N2O2. The molecule has 4 nitrogen and oxygen atoms in total. The van der Waals surface area contributed by atoms with Crippen LogP contribution in [-0.2, 0) is 0 Å². The van der Waals surface area contributed by atoms with Crippen molar-refractivity contribution in [3.05, 3.63) is 60.7 Å². The quantitative estimate of drug-likeness (QED) is 0.733. The van der Waals surface area contributed by atoms with Crippen molar-refractivity contribution in [1.82, 2.24) is 9.97 Å². The normalized spacial score (nSPS) is 10.3. The summed E-state index contributed by atoms with van der Waals surface area (Å²) >= 11 is 0. The van der Waals surface area contributed by atoms with Gasteiger partial charge in [-0.3, -0.25) is 0 Å². The van der Waals surface area contributed by atoms with Crippen molar-refractivity contribution in [1.29, 1.82) is 0 Å². The molecule has 0 N–H and O–H groups in total. The molecule has 3 aromatic rings. The van der Waals surface area contributed by atoms with Gasteiger partial charge < -0.3 is 9.47 Å². The van der Waals surface area contributed by atoms with Gasteiger partial charge in [0, 0.05) is 11.1 Å². The van der Waals surface area contributed by atoms with E-state index < -0.39 is 0 Å². The molecule has 0 atom stereocenters. The van der Waals surface area contributed by atoms with Gasteiger partial charge in [-0.1, -0.05) is 60.7 Å². The van der Waals surface area contributed by atoms with Gasteiger partial charge in [0.15, 0.2) is 0 Å². The second-order valence-corrected chi connectivity index (χ2v) is 4.67. The third-order valence-corrected chi connectivity index (χ3v) is 3.31. The summed E-state index contributed by atoms with van der Waals surface area (Å²) in [6, 6.07) is 19.6. The van der Waals surface area contributed by atoms with Gasteiger partial charge in [0.1, 0.15) is 11.4 Å². The van der Waals surface area contributed by atoms with Crippen molar-refractivity contribution in [2.45, 2.75) is 0 Å². The molecule has 1 aromatic heterocycles. The van der Waals surface area contributed by atoms with Crippen LogP contribution in [0.4, 0.5) is 0 Å². The van der Waals surface area contributed by atoms with Crippen molar-refractivity contribution in [3.8, 4) is 34.3 Å². The zero-order chi connectivity index (χ0) is 15.4. The fraction of sp³-hybridized carbons (Fsp3) is 0.111. The average Bonchev–Trinajstić information content (AvgIpc) is 2.62. The largest absolute Gasteiger partial charge is 0.479 e. The van der Waals surface area contributed by atoms with E-state index in [1.165, 1.54) is 0 Å². The Morgan fingerprint density at radius 3 is 1.27 bits per heavy atom. The van der Waals surface area contributed by atoms with E-state index in [2.05, 4.69) is 9.97 Å². The number of methoxy groups -OCH3 is 2. The van der Waals surface area contributed by atoms with E-state index >= 15 is 0 Å². The van der Waals surface area contributed by atoms with Crippen molar-refractivity contribution in [2.24, 2.45) is 0 Å². The molecule has 0 saturated heterocycles. The number of ether oxygens (including phenoxy) is 2. The summed E-state index contributed by atoms with van der Waals surface area (Å²) in [4.78, 5) is 9.20. The maximum absolute atomic E-state index is 5.43. The monoisotopic (exact) mass is 292 g/mol. The predicted octanol–water partition coefficient (Wildman–Crippen LogP) is 3.83. The highest BCUT2D eigenvalue weighted by Crippen LogP contribution is 2.34. The number of benzene rings is 2. The van der Waals surface area contributed by atoms with Crippen LogP contribution in [-0.4, -0.2) is 24.2 Å². The second kappa shape index (κ2) is 6.26. The van der Waals surface area contributed by atoms with Gasteiger partial charge in [-0.05, 0) is 0 Å². The molecule has 0 saturated carbocycles. The van der Waals surface area contributed by atoms with Crippen LogP contribution in [0.2, 0.25) is 0 Å². The fourth-order valence-corrected chi connectivity index (χ4v) is 2.26. The Labute approximate surface area is 129 Å². The van der Waals surface area contributed by atoms with Gasteiger partial charge in [-0.2, -0.15) is 0 Å². The highest BCUT2D eigenvalue weighted by Gasteiger charge is 2.17. The number of hydrogen-bond acceptors (Lipinski definition) is 4. The molecule has 0 unspecified atom stereocenters. The Morgan fingerprint density at radius 2 is 0.955 bits per heavy atom. The van der Waals surface area contributed by atoms with Crippen LogP contribution in [0, 0.1) is 0 Å². The molecule has 0 amide bonds. The lowest BCUT2D eigenvalue weighted by atomic mass is 10.1. The molecule has 0 aliphatic carbocycles. The number of rotatable bonds is 4. The minimum atomic E-state index is 0.478. The van der Waals surface area contributed by atoms with E-state index in [4.69, 9.17) is 9.47 Å². The minimum absolute atomic E-state index is 0.478. The molecule has 0 bridgehead atoms. The lowest BCUT2D eigenvalue weighted by Crippen LogP contribution is -2.01. The first kappa shape index (κ1) is 14.1. The lowest BCUT2D eigenvalue weighted by molar-refractivity contribution is 0.379. The van der Waals surface area contributed by atoms with Crippen molar-refractivity contribution >= 4 is 0 Å². The number of aromatic nitrogens is 2. The third kappa shape index (κ3) is 2.63. The molecule has 2 aromatic carbocycles. The third-order valence-electron chi connectivity index (χ3n) is 3.31. The summed E-state index contributed by atoms with van der Waals surface area (Å²) in [5, 5.41) is 0. The Morgan fingerprint density at radius 1 is 0.591 bits per heavy atom. The summed E-state index contributed by atoms with van der Waals surface area (Å²) in [6.45, 7) is 0. The molecule has 110 valence electrons. The molecule has 3 rings (SSSR count). The van der Waals surface area contributed by atoms with Gasteiger partial charge in [0.05, 0.1) is 14.2 Å². The zero-order valence-electron chi connectivity index (χ0n) is 12.5. The smallest absolute Gasteiger partial charge is 0.241 e. The zero-order valence-corrected chi connectivity index (χ0v) is 12.5. The molecule has 0 aliphatic heterocycles. The lowest BCUT2D eigenvalue weighted by Gasteiger charge is -2.12. The van der Waals surface area contributed by atoms with Crippen molar-refractivity contribution in [2.75, 3.05) is 14.2 Å². The fourth-order valence-electron chi connectivity index (χ4n) is 2.26. The van der Waals surface area contributed by atoms with Gasteiger partial charge in [0.25, 0.3) is 0 Å². The van der Waals surface area contributed by atoms with E-state index in [-0.39, 0.29) is 0 Å². The number of hydrogen-bond donors (Lipinski definition) is 0. The Balaban J connectivity index is 2.19. The van der Waals surface area contributed by atoms with Gasteiger partial charge >= 0.3 is 0 Å². The van der Waals surface area contributed by atoms with Crippen LogP contribution in [0.25, 0.3) is 22.5 Å². The predicted molar refractivity (Wildman–Crippen MR) is 86.0 cm³/mol. The van der Waals surface area contributed by atoms with Crippen LogP contribution in [0.3, 0.4) is 0 Å². The Kier molecular flexibility index (Phi) is 4.01. The molecule has 0 aliphatic rings. The van der Waals surface area contributed by atoms with Gasteiger partial charge in [0.2, 0.25) is 11.8 Å². The SMILES string of the molecule is COc1nc(-c2ccccc2)c(OC)nc1-c1ccccc1. The second-order valence-electron chi connectivity index (χ2n) is 4.67. The summed E-state index contributed by atoms with van der Waals surface area (Å²) in [6.07, 6.45) is 0. The van der Waals surface area contributed by atoms with E-state index in [1.807, 2.05) is 60.7 Å². The standard InChI is InChI=1S/C18H16N2O2/c1-21-17-15(13-9-5-3-6-10-13)20-18(22-2)16(19-17)14-11-7-4-8-12-14/h3-12H,1-2H3. The molecule has 4 heteroatoms. The summed E-state index contributed by atoms with van der Waals surface area (Å²) in [5.41, 5.74) is 3.20. The highest BCUT2D eigenvalue weighted by atomic mass is 16.5. The summed E-state index contributed by atoms with van der Waals surface area (Å²) in [5.74, 6) is 0.955. The van der Waals surface area contributed by atoms with E-state index in [9.17, 15) is 0 Å².